The summed E-state index contributed by atoms with van der Waals surface area (Å²) in [6, 6.07) is 15.5. The van der Waals surface area contributed by atoms with Crippen LogP contribution in [0.3, 0.4) is 0 Å². The van der Waals surface area contributed by atoms with Crippen LogP contribution in [0, 0.1) is 17.5 Å². The molecule has 186 valence electrons. The van der Waals surface area contributed by atoms with E-state index in [0.29, 0.717) is 42.7 Å². The van der Waals surface area contributed by atoms with Gasteiger partial charge < -0.3 is 19.5 Å². The smallest absolute Gasteiger partial charge is 0.408 e. The average molecular weight is 496 g/mol. The fraction of sp³-hybridized carbons (Fsp3) is 0.185. The van der Waals surface area contributed by atoms with Gasteiger partial charge in [-0.2, -0.15) is 0 Å². The van der Waals surface area contributed by atoms with Crippen LogP contribution in [0.1, 0.15) is 29.8 Å². The maximum Gasteiger partial charge on any atom is 0.415 e. The van der Waals surface area contributed by atoms with Crippen LogP contribution in [0.4, 0.5) is 23.7 Å². The van der Waals surface area contributed by atoms with Crippen LogP contribution >= 0.6 is 0 Å². The predicted octanol–water partition coefficient (Wildman–Crippen LogP) is 6.20. The molecule has 0 spiro atoms. The first-order valence-corrected chi connectivity index (χ1v) is 11.4. The van der Waals surface area contributed by atoms with Gasteiger partial charge in [0.05, 0.1) is 16.8 Å². The van der Waals surface area contributed by atoms with Crippen molar-refractivity contribution in [2.75, 3.05) is 18.4 Å². The maximum absolute atomic E-state index is 14.3. The number of amides is 2. The van der Waals surface area contributed by atoms with E-state index >= 15 is 0 Å². The van der Waals surface area contributed by atoms with E-state index in [1.807, 2.05) is 41.1 Å². The molecule has 2 amide bonds. The van der Waals surface area contributed by atoms with Gasteiger partial charge in [0.25, 0.3) is 5.91 Å². The summed E-state index contributed by atoms with van der Waals surface area (Å²) in [5.74, 6) is -4.97. The van der Waals surface area contributed by atoms with Gasteiger partial charge in [-0.1, -0.05) is 30.3 Å². The van der Waals surface area contributed by atoms with Gasteiger partial charge in [0, 0.05) is 37.3 Å². The number of aromatic nitrogens is 1. The molecule has 0 aliphatic heterocycles. The largest absolute Gasteiger partial charge is 0.415 e. The summed E-state index contributed by atoms with van der Waals surface area (Å²) < 4.78 is 48.9. The zero-order chi connectivity index (χ0) is 25.8. The van der Waals surface area contributed by atoms with Gasteiger partial charge >= 0.3 is 6.09 Å². The quantitative estimate of drug-likeness (QED) is 0.311. The third-order valence-electron chi connectivity index (χ3n) is 5.82. The van der Waals surface area contributed by atoms with E-state index in [1.54, 1.807) is 26.0 Å². The van der Waals surface area contributed by atoms with Gasteiger partial charge in [-0.15, -0.1) is 0 Å². The zero-order valence-corrected chi connectivity index (χ0v) is 19.7. The summed E-state index contributed by atoms with van der Waals surface area (Å²) in [7, 11) is 0. The van der Waals surface area contributed by atoms with Crippen LogP contribution in [-0.4, -0.2) is 34.6 Å². The van der Waals surface area contributed by atoms with Crippen molar-refractivity contribution < 1.29 is 27.5 Å². The molecule has 0 radical (unpaired) electrons. The molecule has 4 aromatic rings. The first-order chi connectivity index (χ1) is 17.3. The molecule has 1 heterocycles. The number of hydrogen-bond acceptors (Lipinski definition) is 3. The first-order valence-electron chi connectivity index (χ1n) is 11.4. The molecule has 6 nitrogen and oxygen atoms in total. The number of nitrogens with one attached hydrogen (secondary N) is 1. The fourth-order valence-corrected chi connectivity index (χ4v) is 3.90. The van der Waals surface area contributed by atoms with E-state index < -0.39 is 35.0 Å². The van der Waals surface area contributed by atoms with Crippen molar-refractivity contribution in [3.63, 3.8) is 0 Å². The molecule has 1 aromatic heterocycles. The lowest BCUT2D eigenvalue weighted by Gasteiger charge is -2.20. The number of carbonyl (C=O) groups is 2. The highest BCUT2D eigenvalue weighted by molar-refractivity contribution is 6.11. The Morgan fingerprint density at radius 3 is 2.31 bits per heavy atom. The second-order valence-electron chi connectivity index (χ2n) is 8.04. The molecular weight excluding hydrogens is 471 g/mol. The molecule has 1 N–H and O–H groups in total. The molecule has 36 heavy (non-hydrogen) atoms. The number of anilines is 1. The highest BCUT2D eigenvalue weighted by Crippen LogP contribution is 2.35. The van der Waals surface area contributed by atoms with Crippen molar-refractivity contribution in [1.82, 2.24) is 9.47 Å². The second kappa shape index (κ2) is 10.6. The number of rotatable bonds is 7. The van der Waals surface area contributed by atoms with Crippen LogP contribution in [0.2, 0.25) is 0 Å². The van der Waals surface area contributed by atoms with Crippen LogP contribution in [0.15, 0.2) is 66.9 Å². The Bertz CT molecular complexity index is 1420. The first kappa shape index (κ1) is 24.8. The van der Waals surface area contributed by atoms with Gasteiger partial charge in [-0.3, -0.25) is 4.79 Å². The summed E-state index contributed by atoms with van der Waals surface area (Å²) in [5, 5.41) is 3.06. The molecule has 0 fully saturated rings. The van der Waals surface area contributed by atoms with Crippen molar-refractivity contribution in [2.45, 2.75) is 20.4 Å². The molecule has 0 unspecified atom stereocenters. The Morgan fingerprint density at radius 2 is 1.61 bits per heavy atom. The monoisotopic (exact) mass is 495 g/mol. The van der Waals surface area contributed by atoms with Crippen LogP contribution in [0.25, 0.3) is 10.9 Å². The van der Waals surface area contributed by atoms with E-state index in [-0.39, 0.29) is 11.4 Å². The highest BCUT2D eigenvalue weighted by atomic mass is 19.2. The predicted molar refractivity (Wildman–Crippen MR) is 131 cm³/mol. The number of carbonyl (C=O) groups excluding carboxylic acids is 2. The topological polar surface area (TPSA) is 63.6 Å². The van der Waals surface area contributed by atoms with E-state index in [0.717, 1.165) is 5.56 Å². The van der Waals surface area contributed by atoms with Crippen LogP contribution < -0.4 is 10.1 Å². The molecule has 0 atom stereocenters. The van der Waals surface area contributed by atoms with Crippen molar-refractivity contribution in [3.05, 3.63) is 95.4 Å². The Kier molecular flexibility index (Phi) is 7.28. The SMILES string of the molecule is CCN(CC)C(=O)Oc1ccc2c(ccn2Cc2ccccc2)c1NC(=O)c1cc(F)c(F)cc1F. The molecule has 0 saturated carbocycles. The van der Waals surface area contributed by atoms with Crippen LogP contribution in [-0.2, 0) is 6.54 Å². The van der Waals surface area contributed by atoms with Gasteiger partial charge in [-0.25, -0.2) is 18.0 Å². The Balaban J connectivity index is 1.76. The number of benzene rings is 3. The van der Waals surface area contributed by atoms with E-state index in [9.17, 15) is 22.8 Å². The second-order valence-corrected chi connectivity index (χ2v) is 8.04. The minimum absolute atomic E-state index is 0.0354. The minimum atomic E-state index is -1.40. The number of nitrogens with zero attached hydrogens (tertiary/aromatic N) is 2. The molecular formula is C27H24F3N3O3. The van der Waals surface area contributed by atoms with Crippen molar-refractivity contribution in [3.8, 4) is 5.75 Å². The number of fused-ring (bicyclic) bond motifs is 1. The third kappa shape index (κ3) is 5.05. The molecule has 3 aromatic carbocycles. The van der Waals surface area contributed by atoms with Crippen molar-refractivity contribution >= 4 is 28.6 Å². The summed E-state index contributed by atoms with van der Waals surface area (Å²) in [6.45, 7) is 4.95. The molecule has 4 rings (SSSR count). The van der Waals surface area contributed by atoms with Gasteiger partial charge in [0.15, 0.2) is 17.4 Å². The summed E-state index contributed by atoms with van der Waals surface area (Å²) in [6.07, 6.45) is 1.18. The standard InChI is InChI=1S/C27H24F3N3O3/c1-3-32(4-2)27(35)36-24-11-10-23-18(12-13-33(23)16-17-8-6-5-7-9-17)25(24)31-26(34)19-14-21(29)22(30)15-20(19)28/h5-15H,3-4,16H2,1-2H3,(H,31,34). The lowest BCUT2D eigenvalue weighted by atomic mass is 10.1. The zero-order valence-electron chi connectivity index (χ0n) is 19.7. The normalized spacial score (nSPS) is 10.9. The molecule has 9 heteroatoms. The maximum atomic E-state index is 14.3. The molecule has 0 aliphatic rings. The number of hydrogen-bond donors (Lipinski definition) is 1. The molecule has 0 bridgehead atoms. The lowest BCUT2D eigenvalue weighted by Crippen LogP contribution is -2.33. The van der Waals surface area contributed by atoms with Gasteiger partial charge in [0.1, 0.15) is 5.82 Å². The Morgan fingerprint density at radius 1 is 0.917 bits per heavy atom. The number of ether oxygens (including phenoxy) is 1. The van der Waals surface area contributed by atoms with Gasteiger partial charge in [-0.05, 0) is 43.7 Å². The van der Waals surface area contributed by atoms with Crippen molar-refractivity contribution in [2.24, 2.45) is 0 Å². The van der Waals surface area contributed by atoms with E-state index in [2.05, 4.69) is 5.32 Å². The minimum Gasteiger partial charge on any atom is -0.408 e. The van der Waals surface area contributed by atoms with Crippen molar-refractivity contribution in [1.29, 1.82) is 0 Å². The average Bonchev–Trinajstić information content (AvgIpc) is 3.27. The lowest BCUT2D eigenvalue weighted by molar-refractivity contribution is 0.102. The summed E-state index contributed by atoms with van der Waals surface area (Å²) >= 11 is 0. The fourth-order valence-electron chi connectivity index (χ4n) is 3.90. The highest BCUT2D eigenvalue weighted by Gasteiger charge is 2.22. The van der Waals surface area contributed by atoms with Gasteiger partial charge in [0.2, 0.25) is 0 Å². The molecule has 0 aliphatic carbocycles. The van der Waals surface area contributed by atoms with E-state index in [4.69, 9.17) is 4.74 Å². The van der Waals surface area contributed by atoms with E-state index in [1.165, 1.54) is 11.0 Å². The van der Waals surface area contributed by atoms with Crippen LogP contribution in [0.5, 0.6) is 5.75 Å². The Hall–Kier alpha value is -4.27. The Labute approximate surface area is 205 Å². The summed E-state index contributed by atoms with van der Waals surface area (Å²) in [4.78, 5) is 27.0. The number of halogens is 3. The third-order valence-corrected chi connectivity index (χ3v) is 5.82. The molecule has 0 saturated heterocycles. The summed E-state index contributed by atoms with van der Waals surface area (Å²) in [5.41, 5.74) is 1.17.